The smallest absolute Gasteiger partial charge is 0.251 e. The Morgan fingerprint density at radius 1 is 0.848 bits per heavy atom. The zero-order valence-corrected chi connectivity index (χ0v) is 21.1. The second-order valence-corrected chi connectivity index (χ2v) is 10.9. The van der Waals surface area contributed by atoms with E-state index in [0.29, 0.717) is 16.9 Å². The third-order valence-corrected chi connectivity index (χ3v) is 7.02. The van der Waals surface area contributed by atoms with Crippen LogP contribution in [-0.4, -0.2) is 27.1 Å². The van der Waals surface area contributed by atoms with Crippen LogP contribution in [0, 0.1) is 6.42 Å². The van der Waals surface area contributed by atoms with Crippen molar-refractivity contribution in [2.45, 2.75) is 82.4 Å². The standard InChI is InChI=1S/C28H40NO3S/c1-3-4-5-6-7-8-9-10-11-12-22-29-28(30)26-15-13-14-25(23-26)17-16-24-18-20-27(21-19-24)33(2,31)32/h13-16,18-21,23H,3-12,17,22H2,1-2H3,(H,29,30). The molecule has 0 spiro atoms. The van der Waals surface area contributed by atoms with E-state index in [4.69, 9.17) is 0 Å². The molecule has 1 N–H and O–H groups in total. The van der Waals surface area contributed by atoms with E-state index < -0.39 is 9.84 Å². The summed E-state index contributed by atoms with van der Waals surface area (Å²) in [7, 11) is -3.18. The molecule has 0 atom stereocenters. The van der Waals surface area contributed by atoms with Crippen molar-refractivity contribution in [1.29, 1.82) is 0 Å². The van der Waals surface area contributed by atoms with Crippen LogP contribution in [0.2, 0.25) is 0 Å². The molecule has 0 aliphatic carbocycles. The Morgan fingerprint density at radius 2 is 1.45 bits per heavy atom. The molecule has 2 aromatic rings. The number of benzene rings is 2. The molecule has 2 rings (SSSR count). The Morgan fingerprint density at radius 3 is 2.06 bits per heavy atom. The molecule has 0 aromatic heterocycles. The highest BCUT2D eigenvalue weighted by molar-refractivity contribution is 7.90. The first kappa shape index (κ1) is 27.1. The predicted molar refractivity (Wildman–Crippen MR) is 137 cm³/mol. The topological polar surface area (TPSA) is 63.2 Å². The van der Waals surface area contributed by atoms with E-state index >= 15 is 0 Å². The molecule has 0 fully saturated rings. The van der Waals surface area contributed by atoms with Crippen LogP contribution in [-0.2, 0) is 16.3 Å². The third kappa shape index (κ3) is 11.0. The van der Waals surface area contributed by atoms with E-state index in [1.807, 2.05) is 30.7 Å². The van der Waals surface area contributed by atoms with Crippen molar-refractivity contribution in [3.05, 3.63) is 71.6 Å². The number of hydrogen-bond acceptors (Lipinski definition) is 3. The van der Waals surface area contributed by atoms with Gasteiger partial charge in [0.25, 0.3) is 5.91 Å². The number of carbonyl (C=O) groups is 1. The van der Waals surface area contributed by atoms with Crippen molar-refractivity contribution in [2.75, 3.05) is 12.8 Å². The first-order valence-corrected chi connectivity index (χ1v) is 14.3. The van der Waals surface area contributed by atoms with E-state index in [1.54, 1.807) is 24.3 Å². The third-order valence-electron chi connectivity index (χ3n) is 5.89. The average molecular weight is 471 g/mol. The lowest BCUT2D eigenvalue weighted by atomic mass is 10.0. The molecule has 1 radical (unpaired) electrons. The number of amides is 1. The minimum atomic E-state index is -3.18. The van der Waals surface area contributed by atoms with Gasteiger partial charge >= 0.3 is 0 Å². The molecule has 0 heterocycles. The maximum Gasteiger partial charge on any atom is 0.251 e. The van der Waals surface area contributed by atoms with Gasteiger partial charge in [-0.15, -0.1) is 0 Å². The van der Waals surface area contributed by atoms with Gasteiger partial charge in [0, 0.05) is 18.4 Å². The predicted octanol–water partition coefficient (Wildman–Crippen LogP) is 6.54. The van der Waals surface area contributed by atoms with Crippen LogP contribution in [0.15, 0.2) is 53.4 Å². The van der Waals surface area contributed by atoms with Gasteiger partial charge in [-0.05, 0) is 54.7 Å². The molecule has 0 aliphatic heterocycles. The highest BCUT2D eigenvalue weighted by Gasteiger charge is 2.08. The van der Waals surface area contributed by atoms with Crippen molar-refractivity contribution in [1.82, 2.24) is 5.32 Å². The molecule has 1 amide bonds. The number of sulfone groups is 1. The van der Waals surface area contributed by atoms with E-state index in [2.05, 4.69) is 12.2 Å². The largest absolute Gasteiger partial charge is 0.352 e. The molecular formula is C28H40NO3S. The normalized spacial score (nSPS) is 11.5. The lowest BCUT2D eigenvalue weighted by Gasteiger charge is -2.08. The maximum absolute atomic E-state index is 12.5. The van der Waals surface area contributed by atoms with Crippen LogP contribution >= 0.6 is 0 Å². The van der Waals surface area contributed by atoms with E-state index in [1.165, 1.54) is 64.0 Å². The van der Waals surface area contributed by atoms with Gasteiger partial charge in [-0.1, -0.05) is 89.0 Å². The van der Waals surface area contributed by atoms with Crippen molar-refractivity contribution < 1.29 is 13.2 Å². The summed E-state index contributed by atoms with van der Waals surface area (Å²) in [6.45, 7) is 2.97. The lowest BCUT2D eigenvalue weighted by molar-refractivity contribution is 0.0953. The quantitative estimate of drug-likeness (QED) is 0.283. The summed E-state index contributed by atoms with van der Waals surface area (Å²) in [5.74, 6) is -0.0229. The molecule has 5 heteroatoms. The highest BCUT2D eigenvalue weighted by Crippen LogP contribution is 2.15. The first-order valence-electron chi connectivity index (χ1n) is 12.4. The molecule has 0 saturated heterocycles. The minimum Gasteiger partial charge on any atom is -0.352 e. The van der Waals surface area contributed by atoms with Gasteiger partial charge in [-0.3, -0.25) is 4.79 Å². The summed E-state index contributed by atoms with van der Waals surface area (Å²) < 4.78 is 23.1. The molecule has 0 aliphatic rings. The van der Waals surface area contributed by atoms with Crippen molar-refractivity contribution >= 4 is 15.7 Å². The van der Waals surface area contributed by atoms with Crippen LogP contribution in [0.1, 0.15) is 92.6 Å². The summed E-state index contributed by atoms with van der Waals surface area (Å²) in [4.78, 5) is 12.8. The minimum absolute atomic E-state index is 0.0229. The number of hydrogen-bond donors (Lipinski definition) is 1. The van der Waals surface area contributed by atoms with Crippen LogP contribution < -0.4 is 5.32 Å². The van der Waals surface area contributed by atoms with E-state index in [9.17, 15) is 13.2 Å². The van der Waals surface area contributed by atoms with Crippen molar-refractivity contribution in [3.8, 4) is 0 Å². The molecule has 181 valence electrons. The summed E-state index contributed by atoms with van der Waals surface area (Å²) >= 11 is 0. The Hall–Kier alpha value is -2.14. The highest BCUT2D eigenvalue weighted by atomic mass is 32.2. The zero-order valence-electron chi connectivity index (χ0n) is 20.3. The summed E-state index contributed by atoms with van der Waals surface area (Å²) in [5, 5.41) is 3.04. The molecule has 4 nitrogen and oxygen atoms in total. The SMILES string of the molecule is CCCCCCCCCCCCNC(=O)c1cccc(C[CH]c2ccc(S(C)(=O)=O)cc2)c1. The second-order valence-electron chi connectivity index (χ2n) is 8.89. The van der Waals surface area contributed by atoms with Gasteiger partial charge in [0.2, 0.25) is 0 Å². The van der Waals surface area contributed by atoms with Gasteiger partial charge in [0.1, 0.15) is 0 Å². The summed E-state index contributed by atoms with van der Waals surface area (Å²) in [5.41, 5.74) is 2.69. The summed E-state index contributed by atoms with van der Waals surface area (Å²) in [6, 6.07) is 14.5. The van der Waals surface area contributed by atoms with Gasteiger partial charge in [0.15, 0.2) is 9.84 Å². The Bertz CT molecular complexity index is 936. The van der Waals surface area contributed by atoms with E-state index in [-0.39, 0.29) is 5.91 Å². The number of unbranched alkanes of at least 4 members (excludes halogenated alkanes) is 9. The lowest BCUT2D eigenvalue weighted by Crippen LogP contribution is -2.24. The monoisotopic (exact) mass is 470 g/mol. The Labute approximate surface area is 201 Å². The molecule has 33 heavy (non-hydrogen) atoms. The Balaban J connectivity index is 1.65. The van der Waals surface area contributed by atoms with Gasteiger partial charge in [-0.25, -0.2) is 8.42 Å². The molecule has 0 saturated carbocycles. The van der Waals surface area contributed by atoms with Crippen molar-refractivity contribution in [3.63, 3.8) is 0 Å². The van der Waals surface area contributed by atoms with Crippen molar-refractivity contribution in [2.24, 2.45) is 0 Å². The average Bonchev–Trinajstić information content (AvgIpc) is 2.81. The maximum atomic E-state index is 12.5. The zero-order chi connectivity index (χ0) is 23.9. The van der Waals surface area contributed by atoms with Crippen LogP contribution in [0.5, 0.6) is 0 Å². The number of rotatable bonds is 16. The first-order chi connectivity index (χ1) is 15.9. The molecule has 0 bridgehead atoms. The molecule has 2 aromatic carbocycles. The molecule has 0 unspecified atom stereocenters. The van der Waals surface area contributed by atoms with Crippen LogP contribution in [0.25, 0.3) is 0 Å². The van der Waals surface area contributed by atoms with Crippen LogP contribution in [0.4, 0.5) is 0 Å². The van der Waals surface area contributed by atoms with E-state index in [0.717, 1.165) is 24.1 Å². The fraction of sp³-hybridized carbons (Fsp3) is 0.500. The fourth-order valence-corrected chi connectivity index (χ4v) is 4.47. The second kappa shape index (κ2) is 14.9. The fourth-order valence-electron chi connectivity index (χ4n) is 3.84. The van der Waals surface area contributed by atoms with Gasteiger partial charge in [-0.2, -0.15) is 0 Å². The Kier molecular flexibility index (Phi) is 12.2. The summed E-state index contributed by atoms with van der Waals surface area (Å²) in [6.07, 6.45) is 16.8. The van der Waals surface area contributed by atoms with Crippen LogP contribution in [0.3, 0.4) is 0 Å². The number of nitrogens with one attached hydrogen (secondary N) is 1. The van der Waals surface area contributed by atoms with Gasteiger partial charge in [0.05, 0.1) is 4.90 Å². The number of carbonyl (C=O) groups excluding carboxylic acids is 1. The van der Waals surface area contributed by atoms with Gasteiger partial charge < -0.3 is 5.32 Å². The molecular weight excluding hydrogens is 430 g/mol.